The van der Waals surface area contributed by atoms with Crippen LogP contribution in [0.5, 0.6) is 0 Å². The number of carboxylic acids is 2. The Kier molecular flexibility index (Phi) is 28.8. The lowest BCUT2D eigenvalue weighted by Gasteiger charge is -2.10. The molecule has 0 aliphatic heterocycles. The highest BCUT2D eigenvalue weighted by molar-refractivity contribution is 5.67. The number of unbranched alkanes of at least 4 members (excludes halogenated alkanes) is 5. The molecule has 30 heavy (non-hydrogen) atoms. The van der Waals surface area contributed by atoms with Crippen molar-refractivity contribution in [3.05, 3.63) is 0 Å². The Morgan fingerprint density at radius 2 is 1.23 bits per heavy atom. The normalized spacial score (nSPS) is 12.3. The summed E-state index contributed by atoms with van der Waals surface area (Å²) in [5, 5.41) is 41.9. The third kappa shape index (κ3) is 41.2. The molecule has 5 N–H and O–H groups in total. The van der Waals surface area contributed by atoms with Crippen LogP contribution in [0, 0.1) is 5.92 Å². The lowest BCUT2D eigenvalue weighted by atomic mass is 10.0. The van der Waals surface area contributed by atoms with E-state index in [1.54, 1.807) is 13.8 Å². The first-order chi connectivity index (χ1) is 14.1. The van der Waals surface area contributed by atoms with Gasteiger partial charge < -0.3 is 30.3 Å². The molecule has 2 unspecified atom stereocenters. The van der Waals surface area contributed by atoms with Crippen LogP contribution < -0.4 is 0 Å². The highest BCUT2D eigenvalue weighted by Gasteiger charge is 2.01. The molecule has 0 saturated carbocycles. The fourth-order valence-corrected chi connectivity index (χ4v) is 2.10. The van der Waals surface area contributed by atoms with Crippen molar-refractivity contribution in [3.8, 4) is 0 Å². The first-order valence-corrected chi connectivity index (χ1v) is 11.0. The number of hydrogen-bond acceptors (Lipinski definition) is 6. The Balaban J connectivity index is -0.000000366. The largest absolute Gasteiger partial charge is 0.481 e. The highest BCUT2D eigenvalue weighted by Crippen LogP contribution is 2.09. The summed E-state index contributed by atoms with van der Waals surface area (Å²) in [7, 11) is 0. The maximum atomic E-state index is 9.90. The van der Waals surface area contributed by atoms with E-state index in [1.165, 1.54) is 32.1 Å². The summed E-state index contributed by atoms with van der Waals surface area (Å²) < 4.78 is 4.95. The fourth-order valence-electron chi connectivity index (χ4n) is 2.10. The molecule has 8 heteroatoms. The van der Waals surface area contributed by atoms with Crippen LogP contribution in [0.4, 0.5) is 0 Å². The van der Waals surface area contributed by atoms with Crippen molar-refractivity contribution >= 4 is 11.9 Å². The smallest absolute Gasteiger partial charge is 0.303 e. The second kappa shape index (κ2) is 25.8. The lowest BCUT2D eigenvalue weighted by molar-refractivity contribution is -0.139. The summed E-state index contributed by atoms with van der Waals surface area (Å²) in [6.45, 7) is 8.60. The van der Waals surface area contributed by atoms with Crippen molar-refractivity contribution in [1.82, 2.24) is 0 Å². The number of aliphatic carboxylic acids is 2. The number of aliphatic hydroxyl groups is 3. The molecular formula is C22H46O8. The first kappa shape index (κ1) is 33.4. The molecule has 0 aliphatic carbocycles. The van der Waals surface area contributed by atoms with E-state index in [1.807, 2.05) is 0 Å². The number of aliphatic hydroxyl groups excluding tert-OH is 3. The van der Waals surface area contributed by atoms with Crippen LogP contribution in [0.15, 0.2) is 0 Å². The van der Waals surface area contributed by atoms with E-state index in [4.69, 9.17) is 30.3 Å². The van der Waals surface area contributed by atoms with Crippen LogP contribution in [-0.2, 0) is 14.3 Å². The minimum absolute atomic E-state index is 0.00667. The minimum Gasteiger partial charge on any atom is -0.481 e. The molecule has 0 spiro atoms. The first-order valence-electron chi connectivity index (χ1n) is 11.0. The van der Waals surface area contributed by atoms with E-state index < -0.39 is 18.0 Å². The Labute approximate surface area is 182 Å². The fraction of sp³-hybridized carbons (Fsp3) is 0.909. The Morgan fingerprint density at radius 1 is 0.767 bits per heavy atom. The Bertz CT molecular complexity index is 356. The van der Waals surface area contributed by atoms with E-state index in [9.17, 15) is 9.59 Å². The molecule has 0 fully saturated rings. The monoisotopic (exact) mass is 438 g/mol. The summed E-state index contributed by atoms with van der Waals surface area (Å²) in [6, 6.07) is 0. The van der Waals surface area contributed by atoms with E-state index in [-0.39, 0.29) is 25.6 Å². The molecule has 0 aliphatic rings. The number of carboxylic acid groups (broad SMARTS) is 2. The van der Waals surface area contributed by atoms with E-state index >= 15 is 0 Å². The van der Waals surface area contributed by atoms with Gasteiger partial charge in [0, 0.05) is 19.4 Å². The van der Waals surface area contributed by atoms with Crippen LogP contribution >= 0.6 is 0 Å². The average Bonchev–Trinajstić information content (AvgIpc) is 2.66. The highest BCUT2D eigenvalue weighted by atomic mass is 16.5. The van der Waals surface area contributed by atoms with Crippen molar-refractivity contribution in [2.24, 2.45) is 5.92 Å². The number of hydrogen-bond donors (Lipinski definition) is 5. The van der Waals surface area contributed by atoms with Crippen LogP contribution in [0.1, 0.15) is 91.9 Å². The Hall–Kier alpha value is -1.22. The van der Waals surface area contributed by atoms with Gasteiger partial charge in [0.25, 0.3) is 0 Å². The third-order valence-corrected chi connectivity index (χ3v) is 3.85. The van der Waals surface area contributed by atoms with Gasteiger partial charge in [-0.15, -0.1) is 0 Å². The van der Waals surface area contributed by atoms with Gasteiger partial charge >= 0.3 is 11.9 Å². The predicted molar refractivity (Wildman–Crippen MR) is 118 cm³/mol. The molecule has 0 amide bonds. The van der Waals surface area contributed by atoms with Crippen molar-refractivity contribution in [3.63, 3.8) is 0 Å². The van der Waals surface area contributed by atoms with Crippen molar-refractivity contribution in [2.45, 2.75) is 104 Å². The molecule has 0 heterocycles. The molecule has 0 radical (unpaired) electrons. The molecule has 182 valence electrons. The third-order valence-electron chi connectivity index (χ3n) is 3.85. The van der Waals surface area contributed by atoms with Gasteiger partial charge in [-0.3, -0.25) is 9.59 Å². The molecule has 0 aromatic heterocycles. The van der Waals surface area contributed by atoms with E-state index in [0.29, 0.717) is 26.1 Å². The van der Waals surface area contributed by atoms with Crippen LogP contribution in [0.3, 0.4) is 0 Å². The number of carbonyl (C=O) groups is 2. The molecular weight excluding hydrogens is 392 g/mol. The summed E-state index contributed by atoms with van der Waals surface area (Å²) in [4.78, 5) is 19.8. The second-order valence-electron chi connectivity index (χ2n) is 7.84. The van der Waals surface area contributed by atoms with Gasteiger partial charge in [-0.25, -0.2) is 0 Å². The molecule has 0 aromatic carbocycles. The van der Waals surface area contributed by atoms with Gasteiger partial charge in [-0.05, 0) is 39.0 Å². The minimum atomic E-state index is -0.870. The molecule has 0 bridgehead atoms. The summed E-state index contributed by atoms with van der Waals surface area (Å²) >= 11 is 0. The van der Waals surface area contributed by atoms with E-state index in [2.05, 4.69) is 13.8 Å². The molecule has 0 aromatic rings. The van der Waals surface area contributed by atoms with Gasteiger partial charge in [0.15, 0.2) is 0 Å². The zero-order chi connectivity index (χ0) is 23.8. The standard InChI is InChI=1S/C10H22O.C6H10O4.C6H14O3/c1-10(2)8-6-4-3-5-7-9-11;7-5(8)3-1-2-4-6(9)10;1-5(8)4-9-6(2)3-7/h10-11H,3-9H2,1-2H3;1-4H2,(H,7,8)(H,9,10);5-8H,3-4H2,1-2H3. The van der Waals surface area contributed by atoms with Crippen molar-refractivity contribution < 1.29 is 39.9 Å². The lowest BCUT2D eigenvalue weighted by Crippen LogP contribution is -2.19. The SMILES string of the molecule is CC(C)CCCCCCCO.CC(O)COC(C)CO.O=C(O)CCCCC(=O)O. The van der Waals surface area contributed by atoms with Gasteiger partial charge in [0.1, 0.15) is 0 Å². The van der Waals surface area contributed by atoms with Gasteiger partial charge in [0.05, 0.1) is 25.4 Å². The Morgan fingerprint density at radius 3 is 1.60 bits per heavy atom. The predicted octanol–water partition coefficient (Wildman–Crippen LogP) is 3.46. The van der Waals surface area contributed by atoms with Crippen LogP contribution in [0.2, 0.25) is 0 Å². The summed E-state index contributed by atoms with van der Waals surface area (Å²) in [6.07, 6.45) is 7.96. The average molecular weight is 439 g/mol. The summed E-state index contributed by atoms with van der Waals surface area (Å²) in [5.74, 6) is -0.886. The van der Waals surface area contributed by atoms with E-state index in [0.717, 1.165) is 12.3 Å². The topological polar surface area (TPSA) is 145 Å². The molecule has 0 rings (SSSR count). The molecule has 2 atom stereocenters. The number of ether oxygens (including phenoxy) is 1. The van der Waals surface area contributed by atoms with Crippen LogP contribution in [-0.4, -0.2) is 69.5 Å². The zero-order valence-electron chi connectivity index (χ0n) is 19.4. The zero-order valence-corrected chi connectivity index (χ0v) is 19.4. The van der Waals surface area contributed by atoms with Crippen molar-refractivity contribution in [1.29, 1.82) is 0 Å². The maximum Gasteiger partial charge on any atom is 0.303 e. The maximum absolute atomic E-state index is 9.90. The van der Waals surface area contributed by atoms with Crippen molar-refractivity contribution in [2.75, 3.05) is 19.8 Å². The quantitative estimate of drug-likeness (QED) is 0.230. The van der Waals surface area contributed by atoms with Crippen LogP contribution in [0.25, 0.3) is 0 Å². The molecule has 8 nitrogen and oxygen atoms in total. The second-order valence-corrected chi connectivity index (χ2v) is 7.84. The number of rotatable bonds is 16. The molecule has 0 saturated heterocycles. The summed E-state index contributed by atoms with van der Waals surface area (Å²) in [5.41, 5.74) is 0. The van der Waals surface area contributed by atoms with Gasteiger partial charge in [-0.1, -0.05) is 46.0 Å². The van der Waals surface area contributed by atoms with Gasteiger partial charge in [0.2, 0.25) is 0 Å². The van der Waals surface area contributed by atoms with Gasteiger partial charge in [-0.2, -0.15) is 0 Å².